The maximum Gasteiger partial charge on any atom is 0.313 e. The van der Waals surface area contributed by atoms with Gasteiger partial charge in [-0.3, -0.25) is 9.59 Å². The van der Waals surface area contributed by atoms with E-state index in [2.05, 4.69) is 10.2 Å². The highest BCUT2D eigenvalue weighted by Crippen LogP contribution is 2.33. The number of aromatic nitrogens is 3. The fourth-order valence-corrected chi connectivity index (χ4v) is 3.66. The summed E-state index contributed by atoms with van der Waals surface area (Å²) in [6.45, 7) is 3.87. The van der Waals surface area contributed by atoms with Crippen LogP contribution in [0.15, 0.2) is 5.16 Å². The second kappa shape index (κ2) is 8.33. The van der Waals surface area contributed by atoms with Crippen molar-refractivity contribution < 1.29 is 14.3 Å². The number of nitrogens with zero attached hydrogens (tertiary/aromatic N) is 3. The standard InChI is InChI=1S/C15H24N4O3S/c1-3-22-13(20)9-12-17-18-15(23-10(2)14(16)21)19(12)11-7-5-4-6-8-11/h10-11H,3-9H2,1-2H3,(H2,16,21)/t10-/m0/s1. The zero-order valence-electron chi connectivity index (χ0n) is 13.7. The van der Waals surface area contributed by atoms with Gasteiger partial charge in [0.05, 0.1) is 11.9 Å². The van der Waals surface area contributed by atoms with E-state index in [1.54, 1.807) is 13.8 Å². The molecule has 2 rings (SSSR count). The van der Waals surface area contributed by atoms with Crippen LogP contribution in [-0.4, -0.2) is 38.5 Å². The molecule has 1 atom stereocenters. The Bertz CT molecular complexity index is 555. The molecule has 0 saturated heterocycles. The molecule has 128 valence electrons. The maximum absolute atomic E-state index is 11.8. The van der Waals surface area contributed by atoms with Gasteiger partial charge in [-0.1, -0.05) is 31.0 Å². The van der Waals surface area contributed by atoms with Gasteiger partial charge in [-0.15, -0.1) is 10.2 Å². The summed E-state index contributed by atoms with van der Waals surface area (Å²) in [5, 5.41) is 8.62. The van der Waals surface area contributed by atoms with Crippen molar-refractivity contribution in [3.05, 3.63) is 5.82 Å². The van der Waals surface area contributed by atoms with Gasteiger partial charge in [0.15, 0.2) is 5.16 Å². The van der Waals surface area contributed by atoms with E-state index in [0.29, 0.717) is 17.6 Å². The monoisotopic (exact) mass is 340 g/mol. The van der Waals surface area contributed by atoms with Crippen molar-refractivity contribution in [2.75, 3.05) is 6.61 Å². The van der Waals surface area contributed by atoms with E-state index in [0.717, 1.165) is 25.7 Å². The van der Waals surface area contributed by atoms with E-state index in [4.69, 9.17) is 10.5 Å². The first-order valence-electron chi connectivity index (χ1n) is 8.08. The second-order valence-electron chi connectivity index (χ2n) is 5.70. The molecular weight excluding hydrogens is 316 g/mol. The van der Waals surface area contributed by atoms with Gasteiger partial charge in [-0.05, 0) is 26.7 Å². The first kappa shape index (κ1) is 17.8. The molecule has 0 spiro atoms. The summed E-state index contributed by atoms with van der Waals surface area (Å²) in [5.41, 5.74) is 5.35. The topological polar surface area (TPSA) is 100 Å². The van der Waals surface area contributed by atoms with Gasteiger partial charge in [0, 0.05) is 6.04 Å². The van der Waals surface area contributed by atoms with Crippen molar-refractivity contribution >= 4 is 23.6 Å². The number of nitrogens with two attached hydrogens (primary N) is 1. The van der Waals surface area contributed by atoms with Crippen LogP contribution in [0, 0.1) is 0 Å². The molecule has 1 saturated carbocycles. The molecule has 0 bridgehead atoms. The second-order valence-corrected chi connectivity index (χ2v) is 7.01. The van der Waals surface area contributed by atoms with Crippen molar-refractivity contribution in [3.63, 3.8) is 0 Å². The van der Waals surface area contributed by atoms with E-state index < -0.39 is 5.25 Å². The molecule has 1 aliphatic rings. The number of rotatable bonds is 7. The van der Waals surface area contributed by atoms with E-state index in [1.807, 2.05) is 4.57 Å². The van der Waals surface area contributed by atoms with Crippen LogP contribution >= 0.6 is 11.8 Å². The minimum Gasteiger partial charge on any atom is -0.466 e. The molecule has 0 aromatic carbocycles. The number of primary amides is 1. The number of ether oxygens (including phenoxy) is 1. The highest BCUT2D eigenvalue weighted by molar-refractivity contribution is 8.00. The van der Waals surface area contributed by atoms with Crippen molar-refractivity contribution in [1.29, 1.82) is 0 Å². The molecule has 1 aromatic rings. The van der Waals surface area contributed by atoms with E-state index >= 15 is 0 Å². The Hall–Kier alpha value is -1.57. The number of hydrogen-bond acceptors (Lipinski definition) is 6. The summed E-state index contributed by atoms with van der Waals surface area (Å²) in [4.78, 5) is 23.1. The van der Waals surface area contributed by atoms with Crippen LogP contribution in [0.25, 0.3) is 0 Å². The molecule has 0 aliphatic heterocycles. The Morgan fingerprint density at radius 2 is 2.04 bits per heavy atom. The van der Waals surface area contributed by atoms with Crippen LogP contribution in [0.3, 0.4) is 0 Å². The van der Waals surface area contributed by atoms with E-state index in [-0.39, 0.29) is 24.3 Å². The summed E-state index contributed by atoms with van der Waals surface area (Å²) < 4.78 is 7.03. The lowest BCUT2D eigenvalue weighted by Gasteiger charge is -2.25. The largest absolute Gasteiger partial charge is 0.466 e. The van der Waals surface area contributed by atoms with Gasteiger partial charge in [0.1, 0.15) is 12.2 Å². The van der Waals surface area contributed by atoms with Gasteiger partial charge >= 0.3 is 5.97 Å². The van der Waals surface area contributed by atoms with Crippen LogP contribution in [0.1, 0.15) is 57.8 Å². The number of thioether (sulfide) groups is 1. The van der Waals surface area contributed by atoms with Crippen LogP contribution in [0.4, 0.5) is 0 Å². The summed E-state index contributed by atoms with van der Waals surface area (Å²) in [6.07, 6.45) is 5.70. The molecule has 1 heterocycles. The molecule has 7 nitrogen and oxygen atoms in total. The van der Waals surface area contributed by atoms with Crippen molar-refractivity contribution in [2.24, 2.45) is 5.73 Å². The molecule has 0 unspecified atom stereocenters. The normalized spacial score (nSPS) is 17.0. The van der Waals surface area contributed by atoms with Gasteiger partial charge in [-0.2, -0.15) is 0 Å². The summed E-state index contributed by atoms with van der Waals surface area (Å²) >= 11 is 1.30. The number of hydrogen-bond donors (Lipinski definition) is 1. The van der Waals surface area contributed by atoms with E-state index in [1.165, 1.54) is 18.2 Å². The zero-order valence-corrected chi connectivity index (χ0v) is 14.5. The predicted molar refractivity (Wildman–Crippen MR) is 87.0 cm³/mol. The molecule has 1 fully saturated rings. The van der Waals surface area contributed by atoms with Crippen LogP contribution in [0.5, 0.6) is 0 Å². The molecular formula is C15H24N4O3S. The quantitative estimate of drug-likeness (QED) is 0.600. The lowest BCUT2D eigenvalue weighted by atomic mass is 9.95. The first-order chi connectivity index (χ1) is 11.0. The Morgan fingerprint density at radius 1 is 1.35 bits per heavy atom. The highest BCUT2D eigenvalue weighted by atomic mass is 32.2. The van der Waals surface area contributed by atoms with E-state index in [9.17, 15) is 9.59 Å². The maximum atomic E-state index is 11.8. The average molecular weight is 340 g/mol. The molecule has 1 aromatic heterocycles. The molecule has 1 amide bonds. The van der Waals surface area contributed by atoms with Gasteiger partial charge in [-0.25, -0.2) is 0 Å². The first-order valence-corrected chi connectivity index (χ1v) is 8.96. The predicted octanol–water partition coefficient (Wildman–Crippen LogP) is 1.85. The number of carbonyl (C=O) groups excluding carboxylic acids is 2. The number of amides is 1. The average Bonchev–Trinajstić information content (AvgIpc) is 2.90. The number of esters is 1. The third kappa shape index (κ3) is 4.70. The summed E-state index contributed by atoms with van der Waals surface area (Å²) in [6, 6.07) is 0.269. The minimum atomic E-state index is -0.392. The number of carbonyl (C=O) groups is 2. The lowest BCUT2D eigenvalue weighted by molar-refractivity contribution is -0.142. The van der Waals surface area contributed by atoms with Crippen LogP contribution in [-0.2, 0) is 20.7 Å². The Labute approximate surface area is 140 Å². The van der Waals surface area contributed by atoms with Gasteiger partial charge in [0.2, 0.25) is 5.91 Å². The Morgan fingerprint density at radius 3 is 2.65 bits per heavy atom. The zero-order chi connectivity index (χ0) is 16.8. The fourth-order valence-electron chi connectivity index (χ4n) is 2.77. The highest BCUT2D eigenvalue weighted by Gasteiger charge is 2.26. The Kier molecular flexibility index (Phi) is 6.44. The summed E-state index contributed by atoms with van der Waals surface area (Å²) in [5.74, 6) is -0.0916. The molecule has 23 heavy (non-hydrogen) atoms. The fraction of sp³-hybridized carbons (Fsp3) is 0.733. The third-order valence-corrected chi connectivity index (χ3v) is 5.04. The lowest BCUT2D eigenvalue weighted by Crippen LogP contribution is -2.24. The van der Waals surface area contributed by atoms with Gasteiger partial charge < -0.3 is 15.0 Å². The van der Waals surface area contributed by atoms with Crippen molar-refractivity contribution in [3.8, 4) is 0 Å². The third-order valence-electron chi connectivity index (χ3n) is 3.97. The van der Waals surface area contributed by atoms with Crippen LogP contribution < -0.4 is 5.73 Å². The van der Waals surface area contributed by atoms with Crippen molar-refractivity contribution in [1.82, 2.24) is 14.8 Å². The van der Waals surface area contributed by atoms with Crippen molar-refractivity contribution in [2.45, 2.75) is 68.8 Å². The Balaban J connectivity index is 2.24. The summed E-state index contributed by atoms with van der Waals surface area (Å²) in [7, 11) is 0. The van der Waals surface area contributed by atoms with Gasteiger partial charge in [0.25, 0.3) is 0 Å². The molecule has 2 N–H and O–H groups in total. The smallest absolute Gasteiger partial charge is 0.313 e. The SMILES string of the molecule is CCOC(=O)Cc1nnc(S[C@@H](C)C(N)=O)n1C1CCCCC1. The minimum absolute atomic E-state index is 0.100. The molecule has 1 aliphatic carbocycles. The van der Waals surface area contributed by atoms with Crippen LogP contribution in [0.2, 0.25) is 0 Å². The molecule has 0 radical (unpaired) electrons. The molecule has 8 heteroatoms.